The molecule has 3 nitrogen and oxygen atoms in total. The fourth-order valence-corrected chi connectivity index (χ4v) is 1.78. The highest BCUT2D eigenvalue weighted by atomic mass is 35.5. The molecule has 1 aromatic carbocycles. The predicted molar refractivity (Wildman–Crippen MR) is 55.5 cm³/mol. The SMILES string of the molecule is Clc1cccc2cc3nncn3cc12. The first kappa shape index (κ1) is 7.76. The Labute approximate surface area is 84.9 Å². The monoisotopic (exact) mass is 203 g/mol. The summed E-state index contributed by atoms with van der Waals surface area (Å²) in [6, 6.07) is 7.78. The molecule has 68 valence electrons. The van der Waals surface area contributed by atoms with Gasteiger partial charge in [-0.25, -0.2) is 0 Å². The van der Waals surface area contributed by atoms with Crippen molar-refractivity contribution in [3.05, 3.63) is 41.8 Å². The van der Waals surface area contributed by atoms with Gasteiger partial charge in [-0.2, -0.15) is 0 Å². The lowest BCUT2D eigenvalue weighted by molar-refractivity contribution is 1.10. The van der Waals surface area contributed by atoms with E-state index < -0.39 is 0 Å². The minimum absolute atomic E-state index is 0.748. The summed E-state index contributed by atoms with van der Waals surface area (Å²) in [5.41, 5.74) is 0.833. The molecule has 0 saturated carbocycles. The first-order valence-corrected chi connectivity index (χ1v) is 4.60. The van der Waals surface area contributed by atoms with E-state index in [2.05, 4.69) is 10.2 Å². The Hall–Kier alpha value is -1.61. The van der Waals surface area contributed by atoms with Gasteiger partial charge in [-0.05, 0) is 17.5 Å². The molecule has 3 rings (SSSR count). The fourth-order valence-electron chi connectivity index (χ4n) is 1.55. The molecule has 0 aliphatic carbocycles. The van der Waals surface area contributed by atoms with Gasteiger partial charge in [0.15, 0.2) is 5.65 Å². The van der Waals surface area contributed by atoms with Crippen molar-refractivity contribution in [2.24, 2.45) is 0 Å². The first-order chi connectivity index (χ1) is 6.84. The lowest BCUT2D eigenvalue weighted by Crippen LogP contribution is -1.84. The Kier molecular flexibility index (Phi) is 1.49. The minimum Gasteiger partial charge on any atom is -0.288 e. The van der Waals surface area contributed by atoms with Crippen LogP contribution in [0.3, 0.4) is 0 Å². The van der Waals surface area contributed by atoms with Crippen molar-refractivity contribution >= 4 is 28.0 Å². The van der Waals surface area contributed by atoms with E-state index >= 15 is 0 Å². The third-order valence-electron chi connectivity index (χ3n) is 2.24. The highest BCUT2D eigenvalue weighted by molar-refractivity contribution is 6.35. The third-order valence-corrected chi connectivity index (χ3v) is 2.57. The third kappa shape index (κ3) is 0.992. The van der Waals surface area contributed by atoms with E-state index in [1.54, 1.807) is 6.33 Å². The van der Waals surface area contributed by atoms with Gasteiger partial charge in [0.1, 0.15) is 6.33 Å². The van der Waals surface area contributed by atoms with E-state index in [0.29, 0.717) is 0 Å². The first-order valence-electron chi connectivity index (χ1n) is 4.22. The number of pyridine rings is 1. The molecule has 0 spiro atoms. The zero-order valence-corrected chi connectivity index (χ0v) is 7.94. The summed E-state index contributed by atoms with van der Waals surface area (Å²) in [4.78, 5) is 0. The summed E-state index contributed by atoms with van der Waals surface area (Å²) in [5.74, 6) is 0. The van der Waals surface area contributed by atoms with E-state index in [0.717, 1.165) is 21.4 Å². The second-order valence-electron chi connectivity index (χ2n) is 3.11. The van der Waals surface area contributed by atoms with Gasteiger partial charge in [-0.15, -0.1) is 10.2 Å². The van der Waals surface area contributed by atoms with Crippen LogP contribution in [0.4, 0.5) is 0 Å². The Balaban J connectivity index is 2.57. The molecule has 0 atom stereocenters. The zero-order valence-electron chi connectivity index (χ0n) is 7.18. The van der Waals surface area contributed by atoms with Crippen LogP contribution < -0.4 is 0 Å². The molecule has 2 aromatic heterocycles. The van der Waals surface area contributed by atoms with Crippen molar-refractivity contribution < 1.29 is 0 Å². The van der Waals surface area contributed by atoms with E-state index in [1.165, 1.54) is 0 Å². The summed E-state index contributed by atoms with van der Waals surface area (Å²) in [7, 11) is 0. The molecule has 0 radical (unpaired) electrons. The molecule has 0 saturated heterocycles. The van der Waals surface area contributed by atoms with Crippen molar-refractivity contribution in [1.29, 1.82) is 0 Å². The van der Waals surface area contributed by atoms with Crippen molar-refractivity contribution in [2.75, 3.05) is 0 Å². The number of hydrogen-bond donors (Lipinski definition) is 0. The topological polar surface area (TPSA) is 30.2 Å². The van der Waals surface area contributed by atoms with Crippen LogP contribution in [-0.4, -0.2) is 14.6 Å². The van der Waals surface area contributed by atoms with Crippen LogP contribution in [-0.2, 0) is 0 Å². The average Bonchev–Trinajstić information content (AvgIpc) is 2.62. The summed E-state index contributed by atoms with van der Waals surface area (Å²) < 4.78 is 1.86. The molecule has 14 heavy (non-hydrogen) atoms. The molecular weight excluding hydrogens is 198 g/mol. The molecule has 0 N–H and O–H groups in total. The zero-order chi connectivity index (χ0) is 9.54. The van der Waals surface area contributed by atoms with Crippen molar-refractivity contribution in [3.63, 3.8) is 0 Å². The average molecular weight is 204 g/mol. The van der Waals surface area contributed by atoms with E-state index in [4.69, 9.17) is 11.6 Å². The number of benzene rings is 1. The lowest BCUT2D eigenvalue weighted by Gasteiger charge is -2.00. The predicted octanol–water partition coefficient (Wildman–Crippen LogP) is 2.54. The Morgan fingerprint density at radius 3 is 3.14 bits per heavy atom. The molecular formula is C10H6ClN3. The van der Waals surface area contributed by atoms with Crippen LogP contribution in [0.2, 0.25) is 5.02 Å². The van der Waals surface area contributed by atoms with E-state index in [9.17, 15) is 0 Å². The summed E-state index contributed by atoms with van der Waals surface area (Å²) in [5, 5.41) is 10.6. The summed E-state index contributed by atoms with van der Waals surface area (Å²) in [6.45, 7) is 0. The van der Waals surface area contributed by atoms with Gasteiger partial charge in [-0.3, -0.25) is 4.40 Å². The molecule has 0 unspecified atom stereocenters. The molecule has 0 aliphatic heterocycles. The maximum absolute atomic E-state index is 6.07. The molecule has 0 bridgehead atoms. The van der Waals surface area contributed by atoms with Crippen molar-refractivity contribution in [3.8, 4) is 0 Å². The molecule has 0 aliphatic rings. The van der Waals surface area contributed by atoms with Gasteiger partial charge in [0.05, 0.1) is 0 Å². The number of nitrogens with zero attached hydrogens (tertiary/aromatic N) is 3. The maximum Gasteiger partial charge on any atom is 0.161 e. The van der Waals surface area contributed by atoms with Gasteiger partial charge >= 0.3 is 0 Å². The molecule has 0 amide bonds. The highest BCUT2D eigenvalue weighted by Crippen LogP contribution is 2.23. The standard InChI is InChI=1S/C10H6ClN3/c11-9-3-1-2-7-4-10-13-12-6-14(10)5-8(7)9/h1-6H. The van der Waals surface area contributed by atoms with Crippen molar-refractivity contribution in [2.45, 2.75) is 0 Å². The van der Waals surface area contributed by atoms with Crippen LogP contribution in [0.5, 0.6) is 0 Å². The van der Waals surface area contributed by atoms with Crippen LogP contribution >= 0.6 is 11.6 Å². The molecule has 3 aromatic rings. The van der Waals surface area contributed by atoms with Crippen LogP contribution in [0, 0.1) is 0 Å². The van der Waals surface area contributed by atoms with Gasteiger partial charge in [0, 0.05) is 16.6 Å². The Morgan fingerprint density at radius 1 is 1.29 bits per heavy atom. The second-order valence-corrected chi connectivity index (χ2v) is 3.52. The largest absolute Gasteiger partial charge is 0.288 e. The van der Waals surface area contributed by atoms with E-state index in [-0.39, 0.29) is 0 Å². The van der Waals surface area contributed by atoms with Gasteiger partial charge < -0.3 is 0 Å². The molecule has 0 fully saturated rings. The van der Waals surface area contributed by atoms with Gasteiger partial charge in [0.2, 0.25) is 0 Å². The number of hydrogen-bond acceptors (Lipinski definition) is 2. The minimum atomic E-state index is 0.748. The van der Waals surface area contributed by atoms with Crippen LogP contribution in [0.1, 0.15) is 0 Å². The Morgan fingerprint density at radius 2 is 2.21 bits per heavy atom. The number of aromatic nitrogens is 3. The molecule has 2 heterocycles. The molecule has 4 heteroatoms. The van der Waals surface area contributed by atoms with Crippen LogP contribution in [0.25, 0.3) is 16.4 Å². The number of fused-ring (bicyclic) bond motifs is 2. The number of halogens is 1. The smallest absolute Gasteiger partial charge is 0.161 e. The lowest BCUT2D eigenvalue weighted by atomic mass is 10.2. The van der Waals surface area contributed by atoms with Crippen LogP contribution in [0.15, 0.2) is 36.8 Å². The quantitative estimate of drug-likeness (QED) is 0.562. The highest BCUT2D eigenvalue weighted by Gasteiger charge is 2.01. The van der Waals surface area contributed by atoms with Gasteiger partial charge in [-0.1, -0.05) is 23.7 Å². The Bertz CT molecular complexity index is 615. The fraction of sp³-hybridized carbons (Fsp3) is 0. The summed E-state index contributed by atoms with van der Waals surface area (Å²) in [6.07, 6.45) is 3.60. The summed E-state index contributed by atoms with van der Waals surface area (Å²) >= 11 is 6.07. The number of rotatable bonds is 0. The van der Waals surface area contributed by atoms with Crippen molar-refractivity contribution in [1.82, 2.24) is 14.6 Å². The van der Waals surface area contributed by atoms with Gasteiger partial charge in [0.25, 0.3) is 0 Å². The normalized spacial score (nSPS) is 11.2. The van der Waals surface area contributed by atoms with E-state index in [1.807, 2.05) is 34.9 Å². The maximum atomic E-state index is 6.07. The second kappa shape index (κ2) is 2.69.